The Labute approximate surface area is 97.3 Å². The Morgan fingerprint density at radius 1 is 1.06 bits per heavy atom. The van der Waals surface area contributed by atoms with E-state index in [-0.39, 0.29) is 0 Å². The fourth-order valence-electron chi connectivity index (χ4n) is 0.659. The first-order valence-electron chi connectivity index (χ1n) is 4.10. The van der Waals surface area contributed by atoms with Crippen LogP contribution >= 0.6 is 0 Å². The maximum atomic E-state index is 9.97. The lowest BCUT2D eigenvalue weighted by Crippen LogP contribution is -1.86. The quantitative estimate of drug-likeness (QED) is 0.615. The second-order valence-electron chi connectivity index (χ2n) is 2.65. The number of hydrogen-bond acceptors (Lipinski definition) is 5. The molecule has 1 rings (SSSR count). The molecule has 8 heteroatoms. The molecule has 1 aromatic rings. The van der Waals surface area contributed by atoms with Crippen molar-refractivity contribution in [1.82, 2.24) is 0 Å². The highest BCUT2D eigenvalue weighted by Crippen LogP contribution is 2.07. The maximum absolute atomic E-state index is 9.97. The standard InChI is InChI=1S/C7H8O.C2N2O4S/c1-6-2-4-7(8)5-3-6;5-1-3-9(7,8)4-2-6/h2-5,8H,1H3;. The van der Waals surface area contributed by atoms with Crippen LogP contribution in [0.15, 0.2) is 33.1 Å². The third-order valence-corrected chi connectivity index (χ3v) is 1.95. The molecule has 0 bridgehead atoms. The number of phenolic OH excluding ortho intramolecular Hbond substituents is 1. The summed E-state index contributed by atoms with van der Waals surface area (Å²) >= 11 is 0. The van der Waals surface area contributed by atoms with Crippen LogP contribution in [0, 0.1) is 6.92 Å². The minimum Gasteiger partial charge on any atom is -0.508 e. The number of rotatable bonds is 2. The van der Waals surface area contributed by atoms with Gasteiger partial charge in [0.2, 0.25) is 0 Å². The van der Waals surface area contributed by atoms with Crippen LogP contribution in [0.5, 0.6) is 5.75 Å². The van der Waals surface area contributed by atoms with Crippen molar-refractivity contribution in [3.05, 3.63) is 29.8 Å². The molecule has 0 fully saturated rings. The van der Waals surface area contributed by atoms with Gasteiger partial charge in [-0.2, -0.15) is 8.42 Å². The summed E-state index contributed by atoms with van der Waals surface area (Å²) < 4.78 is 24.3. The highest BCUT2D eigenvalue weighted by molar-refractivity contribution is 7.89. The summed E-state index contributed by atoms with van der Waals surface area (Å²) in [4.78, 5) is 18.5. The fraction of sp³-hybridized carbons (Fsp3) is 0.111. The summed E-state index contributed by atoms with van der Waals surface area (Å²) in [7, 11) is -4.28. The molecule has 1 aromatic carbocycles. The van der Waals surface area contributed by atoms with Gasteiger partial charge in [0, 0.05) is 0 Å². The smallest absolute Gasteiger partial charge is 0.383 e. The average Bonchev–Trinajstić information content (AvgIpc) is 2.23. The number of benzene rings is 1. The van der Waals surface area contributed by atoms with Crippen molar-refractivity contribution in [1.29, 1.82) is 0 Å². The summed E-state index contributed by atoms with van der Waals surface area (Å²) in [5.74, 6) is 0.329. The molecule has 0 radical (unpaired) electrons. The number of carbonyl (C=O) groups excluding carboxylic acids is 2. The van der Waals surface area contributed by atoms with E-state index in [0.29, 0.717) is 17.9 Å². The topological polar surface area (TPSA) is 113 Å². The lowest BCUT2D eigenvalue weighted by molar-refractivity contribution is 0.475. The van der Waals surface area contributed by atoms with E-state index in [1.807, 2.05) is 19.1 Å². The van der Waals surface area contributed by atoms with Crippen molar-refractivity contribution in [2.24, 2.45) is 8.80 Å². The molecule has 90 valence electrons. The second-order valence-corrected chi connectivity index (χ2v) is 3.91. The largest absolute Gasteiger partial charge is 0.508 e. The normalized spacial score (nSPS) is 9.00. The monoisotopic (exact) mass is 256 g/mol. The number of aryl methyl sites for hydroxylation is 1. The summed E-state index contributed by atoms with van der Waals surface area (Å²) in [5.41, 5.74) is 1.17. The van der Waals surface area contributed by atoms with E-state index in [1.54, 1.807) is 12.1 Å². The highest BCUT2D eigenvalue weighted by Gasteiger charge is 2.00. The molecule has 0 amide bonds. The molecule has 0 saturated carbocycles. The Morgan fingerprint density at radius 2 is 1.47 bits per heavy atom. The van der Waals surface area contributed by atoms with Crippen LogP contribution in [0.2, 0.25) is 0 Å². The van der Waals surface area contributed by atoms with E-state index in [1.165, 1.54) is 5.56 Å². The zero-order valence-corrected chi connectivity index (χ0v) is 9.51. The molecular formula is C9H8N2O5S. The number of nitrogens with zero attached hydrogens (tertiary/aromatic N) is 2. The molecule has 0 aliphatic rings. The Hall–Kier alpha value is -2.27. The van der Waals surface area contributed by atoms with Crippen LogP contribution in [-0.2, 0) is 19.8 Å². The van der Waals surface area contributed by atoms with Crippen molar-refractivity contribution in [3.8, 4) is 5.75 Å². The van der Waals surface area contributed by atoms with Crippen LogP contribution in [0.1, 0.15) is 5.56 Å². The molecule has 0 aromatic heterocycles. The predicted octanol–water partition coefficient (Wildman–Crippen LogP) is 0.603. The minimum atomic E-state index is -4.28. The Kier molecular flexibility index (Phi) is 6.13. The summed E-state index contributed by atoms with van der Waals surface area (Å²) in [6, 6.07) is 7.09. The minimum absolute atomic E-state index is 0.329. The molecule has 0 unspecified atom stereocenters. The van der Waals surface area contributed by atoms with Gasteiger partial charge in [-0.1, -0.05) is 26.5 Å². The zero-order valence-electron chi connectivity index (χ0n) is 8.69. The average molecular weight is 256 g/mol. The van der Waals surface area contributed by atoms with Crippen LogP contribution in [0.25, 0.3) is 0 Å². The number of hydrogen-bond donors (Lipinski definition) is 1. The van der Waals surface area contributed by atoms with Crippen LogP contribution in [0.4, 0.5) is 0 Å². The van der Waals surface area contributed by atoms with Crippen molar-refractivity contribution in [2.45, 2.75) is 6.92 Å². The first-order chi connectivity index (χ1) is 7.91. The third-order valence-electron chi connectivity index (χ3n) is 1.34. The molecule has 0 heterocycles. The molecule has 0 aliphatic heterocycles. The van der Waals surface area contributed by atoms with Crippen molar-refractivity contribution >= 4 is 22.4 Å². The Bertz CT molecular complexity index is 507. The predicted molar refractivity (Wildman–Crippen MR) is 58.0 cm³/mol. The second kappa shape index (κ2) is 7.08. The zero-order chi connectivity index (χ0) is 13.3. The summed E-state index contributed by atoms with van der Waals surface area (Å²) in [5, 5.41) is 8.76. The number of phenols is 1. The van der Waals surface area contributed by atoms with Gasteiger partial charge in [-0.3, -0.25) is 0 Å². The van der Waals surface area contributed by atoms with Gasteiger partial charge in [-0.15, -0.1) is 0 Å². The maximum Gasteiger partial charge on any atom is 0.383 e. The molecule has 7 nitrogen and oxygen atoms in total. The van der Waals surface area contributed by atoms with E-state index >= 15 is 0 Å². The van der Waals surface area contributed by atoms with Crippen molar-refractivity contribution in [3.63, 3.8) is 0 Å². The lowest BCUT2D eigenvalue weighted by atomic mass is 10.2. The number of aromatic hydroxyl groups is 1. The molecule has 0 atom stereocenters. The summed E-state index contributed by atoms with van der Waals surface area (Å²) in [6.07, 6.45) is 1.41. The molecule has 0 aliphatic carbocycles. The van der Waals surface area contributed by atoms with Gasteiger partial charge >= 0.3 is 10.2 Å². The third kappa shape index (κ3) is 7.64. The Balaban J connectivity index is 0.000000302. The van der Waals surface area contributed by atoms with Crippen LogP contribution in [-0.4, -0.2) is 25.7 Å². The van der Waals surface area contributed by atoms with Crippen molar-refractivity contribution < 1.29 is 23.1 Å². The molecule has 1 N–H and O–H groups in total. The summed E-state index contributed by atoms with van der Waals surface area (Å²) in [6.45, 7) is 1.99. The van der Waals surface area contributed by atoms with Gasteiger partial charge in [0.25, 0.3) is 12.2 Å². The van der Waals surface area contributed by atoms with E-state index in [0.717, 1.165) is 0 Å². The number of isocyanates is 2. The van der Waals surface area contributed by atoms with Gasteiger partial charge in [0.15, 0.2) is 0 Å². The molecular weight excluding hydrogens is 248 g/mol. The fourth-order valence-corrected chi connectivity index (χ4v) is 0.889. The van der Waals surface area contributed by atoms with Gasteiger partial charge < -0.3 is 5.11 Å². The van der Waals surface area contributed by atoms with E-state index in [4.69, 9.17) is 5.11 Å². The van der Waals surface area contributed by atoms with Gasteiger partial charge in [-0.25, -0.2) is 9.59 Å². The Morgan fingerprint density at radius 3 is 1.76 bits per heavy atom. The first kappa shape index (κ1) is 14.7. The van der Waals surface area contributed by atoms with Crippen LogP contribution in [0.3, 0.4) is 0 Å². The first-order valence-corrected chi connectivity index (χ1v) is 5.50. The highest BCUT2D eigenvalue weighted by atomic mass is 32.2. The van der Waals surface area contributed by atoms with Gasteiger partial charge in [-0.05, 0) is 19.1 Å². The molecule has 0 spiro atoms. The van der Waals surface area contributed by atoms with E-state index in [2.05, 4.69) is 8.80 Å². The van der Waals surface area contributed by atoms with Crippen molar-refractivity contribution in [2.75, 3.05) is 0 Å². The van der Waals surface area contributed by atoms with E-state index < -0.39 is 10.2 Å². The molecule has 0 saturated heterocycles. The van der Waals surface area contributed by atoms with E-state index in [9.17, 15) is 18.0 Å². The molecule has 17 heavy (non-hydrogen) atoms. The van der Waals surface area contributed by atoms with Gasteiger partial charge in [0.05, 0.1) is 0 Å². The SMILES string of the molecule is Cc1ccc(O)cc1.O=C=NS(=O)(=O)N=C=O. The lowest BCUT2D eigenvalue weighted by Gasteiger charge is -1.89. The van der Waals surface area contributed by atoms with Crippen LogP contribution < -0.4 is 0 Å². The van der Waals surface area contributed by atoms with Gasteiger partial charge in [0.1, 0.15) is 5.75 Å².